The van der Waals surface area contributed by atoms with Gasteiger partial charge in [0.1, 0.15) is 6.07 Å². The van der Waals surface area contributed by atoms with Crippen LogP contribution in [0.5, 0.6) is 0 Å². The number of hydrogen-bond donors (Lipinski definition) is 1. The molecular formula is C23H27F2N5O. The van der Waals surface area contributed by atoms with E-state index in [-0.39, 0.29) is 12.5 Å². The van der Waals surface area contributed by atoms with Crippen LogP contribution in [0.2, 0.25) is 0 Å². The second-order valence-corrected chi connectivity index (χ2v) is 8.77. The molecule has 4 rings (SSSR count). The van der Waals surface area contributed by atoms with Crippen LogP contribution in [0.3, 0.4) is 0 Å². The molecule has 2 aliphatic heterocycles. The van der Waals surface area contributed by atoms with Crippen molar-refractivity contribution in [2.45, 2.75) is 25.2 Å². The molecule has 1 unspecified atom stereocenters. The van der Waals surface area contributed by atoms with Crippen molar-refractivity contribution in [3.05, 3.63) is 36.0 Å². The lowest BCUT2D eigenvalue weighted by molar-refractivity contribution is -0.130. The Morgan fingerprint density at radius 3 is 2.84 bits per heavy atom. The van der Waals surface area contributed by atoms with Gasteiger partial charge >= 0.3 is 0 Å². The van der Waals surface area contributed by atoms with Crippen LogP contribution in [0.25, 0.3) is 10.9 Å². The van der Waals surface area contributed by atoms with Gasteiger partial charge in [-0.05, 0) is 63.2 Å². The fourth-order valence-corrected chi connectivity index (χ4v) is 4.64. The topological polar surface area (TPSA) is 72.3 Å². The van der Waals surface area contributed by atoms with Crippen molar-refractivity contribution in [1.82, 2.24) is 15.2 Å². The summed E-state index contributed by atoms with van der Waals surface area (Å²) < 4.78 is 29.3. The molecule has 2 fully saturated rings. The molecule has 0 spiro atoms. The SMILES string of the molecule is CN1CCC(CNC(=O)C2CN(c3ccc(C#N)c4ncccc34)CC(F)(F)C2)CC1. The summed E-state index contributed by atoms with van der Waals surface area (Å²) in [6.45, 7) is 2.29. The molecule has 164 valence electrons. The van der Waals surface area contributed by atoms with Crippen molar-refractivity contribution < 1.29 is 13.6 Å². The van der Waals surface area contributed by atoms with Gasteiger partial charge in [-0.25, -0.2) is 8.78 Å². The summed E-state index contributed by atoms with van der Waals surface area (Å²) in [6.07, 6.45) is 3.15. The van der Waals surface area contributed by atoms with E-state index in [2.05, 4.69) is 28.3 Å². The summed E-state index contributed by atoms with van der Waals surface area (Å²) in [6, 6.07) is 8.88. The number of aromatic nitrogens is 1. The number of piperidine rings is 2. The monoisotopic (exact) mass is 427 g/mol. The molecule has 3 heterocycles. The summed E-state index contributed by atoms with van der Waals surface area (Å²) in [5, 5.41) is 12.9. The number of halogens is 2. The molecule has 1 amide bonds. The number of amides is 1. The van der Waals surface area contributed by atoms with Crippen LogP contribution in [0.1, 0.15) is 24.8 Å². The minimum atomic E-state index is -2.98. The zero-order valence-electron chi connectivity index (χ0n) is 17.7. The Balaban J connectivity index is 1.51. The number of fused-ring (bicyclic) bond motifs is 1. The number of likely N-dealkylation sites (tertiary alicyclic amines) is 1. The molecule has 0 saturated carbocycles. The molecular weight excluding hydrogens is 400 g/mol. The first-order chi connectivity index (χ1) is 14.9. The normalized spacial score (nSPS) is 22.3. The van der Waals surface area contributed by atoms with Crippen molar-refractivity contribution >= 4 is 22.5 Å². The molecule has 0 radical (unpaired) electrons. The van der Waals surface area contributed by atoms with E-state index >= 15 is 0 Å². The molecule has 8 heteroatoms. The molecule has 0 bridgehead atoms. The smallest absolute Gasteiger partial charge is 0.266 e. The number of carbonyl (C=O) groups is 1. The van der Waals surface area contributed by atoms with Crippen LogP contribution in [-0.2, 0) is 4.79 Å². The van der Waals surface area contributed by atoms with Crippen molar-refractivity contribution in [2.75, 3.05) is 44.7 Å². The molecule has 1 atom stereocenters. The van der Waals surface area contributed by atoms with Crippen molar-refractivity contribution in [1.29, 1.82) is 5.26 Å². The number of carbonyl (C=O) groups excluding carboxylic acids is 1. The van der Waals surface area contributed by atoms with E-state index in [1.165, 1.54) is 0 Å². The number of nitrogens with one attached hydrogen (secondary N) is 1. The van der Waals surface area contributed by atoms with E-state index in [1.54, 1.807) is 35.4 Å². The number of hydrogen-bond acceptors (Lipinski definition) is 5. The first-order valence-electron chi connectivity index (χ1n) is 10.7. The summed E-state index contributed by atoms with van der Waals surface area (Å²) in [5.74, 6) is -3.68. The number of anilines is 1. The van der Waals surface area contributed by atoms with Crippen molar-refractivity contribution in [2.24, 2.45) is 11.8 Å². The minimum absolute atomic E-state index is 0.213. The molecule has 31 heavy (non-hydrogen) atoms. The van der Waals surface area contributed by atoms with Crippen LogP contribution in [0.4, 0.5) is 14.5 Å². The second-order valence-electron chi connectivity index (χ2n) is 8.77. The van der Waals surface area contributed by atoms with E-state index < -0.39 is 24.8 Å². The van der Waals surface area contributed by atoms with Crippen LogP contribution in [0.15, 0.2) is 30.5 Å². The predicted octanol–water partition coefficient (Wildman–Crippen LogP) is 3.03. The Kier molecular flexibility index (Phi) is 6.05. The number of benzene rings is 1. The Morgan fingerprint density at radius 2 is 2.10 bits per heavy atom. The maximum absolute atomic E-state index is 14.6. The number of alkyl halides is 2. The van der Waals surface area contributed by atoms with E-state index in [0.717, 1.165) is 25.9 Å². The molecule has 0 aliphatic carbocycles. The van der Waals surface area contributed by atoms with Crippen LogP contribution in [-0.4, -0.2) is 61.5 Å². The van der Waals surface area contributed by atoms with Gasteiger partial charge in [0.05, 0.1) is 23.5 Å². The molecule has 2 aromatic rings. The maximum Gasteiger partial charge on any atom is 0.266 e. The molecule has 2 saturated heterocycles. The third kappa shape index (κ3) is 4.77. The van der Waals surface area contributed by atoms with Gasteiger partial charge in [0.25, 0.3) is 5.92 Å². The lowest BCUT2D eigenvalue weighted by atomic mass is 9.92. The largest absolute Gasteiger partial charge is 0.364 e. The molecule has 1 N–H and O–H groups in total. The second kappa shape index (κ2) is 8.75. The number of rotatable bonds is 4. The average Bonchev–Trinajstić information content (AvgIpc) is 2.76. The quantitative estimate of drug-likeness (QED) is 0.812. The maximum atomic E-state index is 14.6. The lowest BCUT2D eigenvalue weighted by Gasteiger charge is -2.39. The van der Waals surface area contributed by atoms with E-state index in [1.807, 2.05) is 0 Å². The number of pyridine rings is 1. The van der Waals surface area contributed by atoms with E-state index in [4.69, 9.17) is 0 Å². The highest BCUT2D eigenvalue weighted by Gasteiger charge is 2.43. The van der Waals surface area contributed by atoms with Gasteiger partial charge in [-0.2, -0.15) is 5.26 Å². The molecule has 6 nitrogen and oxygen atoms in total. The molecule has 2 aliphatic rings. The fraction of sp³-hybridized carbons (Fsp3) is 0.522. The third-order valence-corrected chi connectivity index (χ3v) is 6.39. The molecule has 1 aromatic carbocycles. The zero-order valence-corrected chi connectivity index (χ0v) is 17.7. The van der Waals surface area contributed by atoms with Gasteiger partial charge in [0.15, 0.2) is 0 Å². The number of nitriles is 1. The fourth-order valence-electron chi connectivity index (χ4n) is 4.64. The highest BCUT2D eigenvalue weighted by atomic mass is 19.3. The van der Waals surface area contributed by atoms with Gasteiger partial charge in [-0.3, -0.25) is 9.78 Å². The van der Waals surface area contributed by atoms with E-state index in [9.17, 15) is 18.8 Å². The Bertz CT molecular complexity index is 997. The summed E-state index contributed by atoms with van der Waals surface area (Å²) in [5.41, 5.74) is 1.46. The summed E-state index contributed by atoms with van der Waals surface area (Å²) in [7, 11) is 2.08. The minimum Gasteiger partial charge on any atom is -0.364 e. The Morgan fingerprint density at radius 1 is 1.32 bits per heavy atom. The van der Waals surface area contributed by atoms with Gasteiger partial charge in [-0.1, -0.05) is 0 Å². The Labute approximate surface area is 180 Å². The standard InChI is InChI=1S/C23H27F2N5O/c1-29-9-6-16(7-10-29)13-28-22(31)18-11-23(24,25)15-30(14-18)20-5-4-17(12-26)21-19(20)3-2-8-27-21/h2-5,8,16,18H,6-7,9-11,13-15H2,1H3,(H,28,31). The van der Waals surface area contributed by atoms with Crippen molar-refractivity contribution in [3.8, 4) is 6.07 Å². The highest BCUT2D eigenvalue weighted by molar-refractivity contribution is 5.95. The Hall–Kier alpha value is -2.79. The van der Waals surface area contributed by atoms with Gasteiger partial charge in [0, 0.05) is 36.8 Å². The van der Waals surface area contributed by atoms with E-state index in [0.29, 0.717) is 34.6 Å². The zero-order chi connectivity index (χ0) is 22.0. The van der Waals surface area contributed by atoms with Crippen LogP contribution in [0, 0.1) is 23.2 Å². The van der Waals surface area contributed by atoms with Gasteiger partial charge in [-0.15, -0.1) is 0 Å². The lowest BCUT2D eigenvalue weighted by Crippen LogP contribution is -2.52. The van der Waals surface area contributed by atoms with Gasteiger partial charge < -0.3 is 15.1 Å². The first kappa shape index (κ1) is 21.4. The third-order valence-electron chi connectivity index (χ3n) is 6.39. The van der Waals surface area contributed by atoms with Crippen LogP contribution >= 0.6 is 0 Å². The van der Waals surface area contributed by atoms with Crippen LogP contribution < -0.4 is 10.2 Å². The average molecular weight is 427 g/mol. The summed E-state index contributed by atoms with van der Waals surface area (Å²) >= 11 is 0. The first-order valence-corrected chi connectivity index (χ1v) is 10.7. The molecule has 1 aromatic heterocycles. The highest BCUT2D eigenvalue weighted by Crippen LogP contribution is 2.36. The van der Waals surface area contributed by atoms with Gasteiger partial charge in [0.2, 0.25) is 5.91 Å². The summed E-state index contributed by atoms with van der Waals surface area (Å²) in [4.78, 5) is 20.9. The van der Waals surface area contributed by atoms with Crippen molar-refractivity contribution in [3.63, 3.8) is 0 Å². The number of nitrogens with zero attached hydrogens (tertiary/aromatic N) is 4. The predicted molar refractivity (Wildman–Crippen MR) is 115 cm³/mol.